The summed E-state index contributed by atoms with van der Waals surface area (Å²) in [4.78, 5) is 14.4. The van der Waals surface area contributed by atoms with Gasteiger partial charge < -0.3 is 9.84 Å². The predicted molar refractivity (Wildman–Crippen MR) is 106 cm³/mol. The first-order valence-electron chi connectivity index (χ1n) is 13.0. The van der Waals surface area contributed by atoms with E-state index in [0.717, 1.165) is 0 Å². The summed E-state index contributed by atoms with van der Waals surface area (Å²) >= 11 is 5.99. The van der Waals surface area contributed by atoms with Crippen LogP contribution in [-0.4, -0.2) is 66.8 Å². The molecule has 1 saturated heterocycles. The van der Waals surface area contributed by atoms with Crippen molar-refractivity contribution in [3.63, 3.8) is 0 Å². The number of benzene rings is 2. The van der Waals surface area contributed by atoms with E-state index in [9.17, 15) is 4.79 Å². The van der Waals surface area contributed by atoms with Crippen LogP contribution < -0.4 is 0 Å². The molecule has 1 aliphatic rings. The van der Waals surface area contributed by atoms with Crippen LogP contribution in [0.15, 0.2) is 54.4 Å². The number of halogens is 1. The van der Waals surface area contributed by atoms with Gasteiger partial charge in [-0.05, 0) is 23.2 Å². The second-order valence-electron chi connectivity index (χ2n) is 5.99. The summed E-state index contributed by atoms with van der Waals surface area (Å²) in [5, 5.41) is 8.32. The van der Waals surface area contributed by atoms with Gasteiger partial charge in [-0.1, -0.05) is 53.9 Å². The largest absolute Gasteiger partial charge is 0.480 e. The predicted octanol–water partition coefficient (Wildman–Crippen LogP) is 3.15. The third-order valence-corrected chi connectivity index (χ3v) is 4.42. The Morgan fingerprint density at radius 1 is 1.07 bits per heavy atom. The molecule has 0 aliphatic carbocycles. The molecule has 2 aromatic carbocycles. The molecule has 1 atom stereocenters. The highest BCUT2D eigenvalue weighted by Gasteiger charge is 2.26. The summed E-state index contributed by atoms with van der Waals surface area (Å²) in [7, 11) is 0. The SMILES string of the molecule is [2H]c1c([2H])c([2H])c(C(c2c([2H])c([2H])c(Cl)c([2H])c2[2H])N2CCN(CCOCC(=O)O)CC2)c([2H])c1[2H]. The van der Waals surface area contributed by atoms with Crippen molar-refractivity contribution in [1.82, 2.24) is 9.80 Å². The van der Waals surface area contributed by atoms with E-state index in [-0.39, 0.29) is 22.8 Å². The molecular formula is C21H25ClN2O3. The standard InChI is InChI=1S/C21H25ClN2O3/c22-19-8-6-18(7-9-19)21(17-4-2-1-3-5-17)24-12-10-23(11-13-24)14-15-27-16-20(25)26/h1-9,21H,10-16H2,(H,25,26)/i1D,2D,3D,4D,5D,6D,7D,8D,9D. The van der Waals surface area contributed by atoms with Crippen molar-refractivity contribution in [2.75, 3.05) is 45.9 Å². The number of hydrogen-bond acceptors (Lipinski definition) is 4. The number of ether oxygens (including phenoxy) is 1. The fourth-order valence-corrected chi connectivity index (χ4v) is 3.04. The maximum atomic E-state index is 10.6. The minimum atomic E-state index is -1.16. The molecule has 144 valence electrons. The zero-order valence-electron chi connectivity index (χ0n) is 23.6. The highest BCUT2D eigenvalue weighted by Crippen LogP contribution is 2.30. The van der Waals surface area contributed by atoms with E-state index >= 15 is 0 Å². The van der Waals surface area contributed by atoms with Crippen LogP contribution in [0.3, 0.4) is 0 Å². The maximum absolute atomic E-state index is 10.6. The van der Waals surface area contributed by atoms with Crippen molar-refractivity contribution in [3.05, 3.63) is 70.5 Å². The molecule has 1 fully saturated rings. The number of piperazine rings is 1. The second kappa shape index (κ2) is 9.85. The number of hydrogen-bond donors (Lipinski definition) is 1. The van der Waals surface area contributed by atoms with Gasteiger partial charge in [0.25, 0.3) is 0 Å². The Bertz CT molecular complexity index is 1050. The highest BCUT2D eigenvalue weighted by molar-refractivity contribution is 6.30. The van der Waals surface area contributed by atoms with Gasteiger partial charge in [0.1, 0.15) is 6.61 Å². The van der Waals surface area contributed by atoms with Crippen molar-refractivity contribution in [3.8, 4) is 0 Å². The van der Waals surface area contributed by atoms with Crippen LogP contribution in [0.5, 0.6) is 0 Å². The summed E-state index contributed by atoms with van der Waals surface area (Å²) < 4.78 is 79.6. The molecule has 3 rings (SSSR count). The Kier molecular flexibility index (Phi) is 4.08. The molecule has 1 unspecified atom stereocenters. The average Bonchev–Trinajstić information content (AvgIpc) is 2.86. The lowest BCUT2D eigenvalue weighted by molar-refractivity contribution is -0.142. The van der Waals surface area contributed by atoms with E-state index in [0.29, 0.717) is 32.7 Å². The molecule has 0 aromatic heterocycles. The van der Waals surface area contributed by atoms with Gasteiger partial charge in [-0.15, -0.1) is 0 Å². The highest BCUT2D eigenvalue weighted by atomic mass is 35.5. The number of nitrogens with zero attached hydrogens (tertiary/aromatic N) is 2. The topological polar surface area (TPSA) is 53.0 Å². The minimum Gasteiger partial charge on any atom is -0.480 e. The summed E-state index contributed by atoms with van der Waals surface area (Å²) in [6, 6.07) is -5.65. The summed E-state index contributed by atoms with van der Waals surface area (Å²) in [5.41, 5.74) is -0.256. The van der Waals surface area contributed by atoms with Crippen molar-refractivity contribution in [2.45, 2.75) is 6.04 Å². The number of aliphatic carboxylic acids is 1. The van der Waals surface area contributed by atoms with Crippen molar-refractivity contribution < 1.29 is 27.0 Å². The van der Waals surface area contributed by atoms with E-state index in [1.807, 2.05) is 4.90 Å². The third kappa shape index (κ3) is 5.78. The Labute approximate surface area is 177 Å². The van der Waals surface area contributed by atoms with Crippen LogP contribution in [0.25, 0.3) is 0 Å². The molecule has 2 aromatic rings. The number of carbonyl (C=O) groups is 1. The molecule has 0 amide bonds. The number of carboxylic acids is 1. The molecule has 0 radical (unpaired) electrons. The van der Waals surface area contributed by atoms with Gasteiger partial charge in [0.15, 0.2) is 0 Å². The lowest BCUT2D eigenvalue weighted by Crippen LogP contribution is -2.48. The minimum absolute atomic E-state index is 0.119. The first-order valence-corrected chi connectivity index (χ1v) is 8.84. The second-order valence-corrected chi connectivity index (χ2v) is 6.37. The molecule has 0 bridgehead atoms. The molecule has 5 nitrogen and oxygen atoms in total. The van der Waals surface area contributed by atoms with Gasteiger partial charge in [-0.3, -0.25) is 9.80 Å². The smallest absolute Gasteiger partial charge is 0.329 e. The van der Waals surface area contributed by atoms with Crippen LogP contribution >= 0.6 is 11.6 Å². The van der Waals surface area contributed by atoms with Crippen LogP contribution in [0.1, 0.15) is 29.5 Å². The van der Waals surface area contributed by atoms with E-state index in [1.54, 1.807) is 4.90 Å². The molecule has 27 heavy (non-hydrogen) atoms. The monoisotopic (exact) mass is 397 g/mol. The van der Waals surface area contributed by atoms with Gasteiger partial charge in [0.05, 0.1) is 25.0 Å². The Morgan fingerprint density at radius 2 is 1.70 bits per heavy atom. The fourth-order valence-electron chi connectivity index (χ4n) is 2.95. The van der Waals surface area contributed by atoms with Crippen LogP contribution in [-0.2, 0) is 9.53 Å². The van der Waals surface area contributed by atoms with Crippen molar-refractivity contribution in [2.24, 2.45) is 0 Å². The average molecular weight is 398 g/mol. The van der Waals surface area contributed by atoms with Gasteiger partial charge in [-0.2, -0.15) is 0 Å². The van der Waals surface area contributed by atoms with Gasteiger partial charge in [0, 0.05) is 37.7 Å². The number of carboxylic acid groups (broad SMARTS) is 1. The lowest BCUT2D eigenvalue weighted by Gasteiger charge is -2.39. The molecule has 0 saturated carbocycles. The molecule has 1 aliphatic heterocycles. The zero-order valence-corrected chi connectivity index (χ0v) is 15.3. The number of rotatable bonds is 8. The quantitative estimate of drug-likeness (QED) is 0.693. The third-order valence-electron chi connectivity index (χ3n) is 4.23. The first kappa shape index (κ1) is 11.2. The van der Waals surface area contributed by atoms with Crippen LogP contribution in [0, 0.1) is 0 Å². The zero-order chi connectivity index (χ0) is 26.9. The Hall–Kier alpha value is -1.92. The van der Waals surface area contributed by atoms with E-state index in [1.165, 1.54) is 0 Å². The fraction of sp³-hybridized carbons (Fsp3) is 0.381. The molecule has 0 spiro atoms. The van der Waals surface area contributed by atoms with E-state index in [2.05, 4.69) is 0 Å². The molecule has 1 heterocycles. The molecule has 1 N–H and O–H groups in total. The molecular weight excluding hydrogens is 364 g/mol. The summed E-state index contributed by atoms with van der Waals surface area (Å²) in [6.45, 7) is 1.80. The van der Waals surface area contributed by atoms with Gasteiger partial charge in [-0.25, -0.2) is 4.79 Å². The first-order chi connectivity index (χ1) is 16.9. The van der Waals surface area contributed by atoms with Crippen LogP contribution in [0.4, 0.5) is 0 Å². The van der Waals surface area contributed by atoms with Crippen LogP contribution in [0.2, 0.25) is 5.02 Å². The van der Waals surface area contributed by atoms with E-state index < -0.39 is 73.0 Å². The molecule has 6 heteroatoms. The summed E-state index contributed by atoms with van der Waals surface area (Å²) in [5.74, 6) is -1.07. The summed E-state index contributed by atoms with van der Waals surface area (Å²) in [6.07, 6.45) is 0. The van der Waals surface area contributed by atoms with Crippen molar-refractivity contribution in [1.29, 1.82) is 0 Å². The van der Waals surface area contributed by atoms with Crippen molar-refractivity contribution >= 4 is 17.6 Å². The van der Waals surface area contributed by atoms with Gasteiger partial charge in [0.2, 0.25) is 0 Å². The normalized spacial score (nSPS) is 21.6. The van der Waals surface area contributed by atoms with Gasteiger partial charge >= 0.3 is 5.97 Å². The Morgan fingerprint density at radius 3 is 2.33 bits per heavy atom. The lowest BCUT2D eigenvalue weighted by atomic mass is 9.96. The van der Waals surface area contributed by atoms with E-state index in [4.69, 9.17) is 33.8 Å². The maximum Gasteiger partial charge on any atom is 0.329 e. The Balaban J connectivity index is 2.05.